The van der Waals surface area contributed by atoms with E-state index in [4.69, 9.17) is 15.5 Å². The van der Waals surface area contributed by atoms with Crippen LogP contribution in [0.4, 0.5) is 5.95 Å². The molecular formula is C23H27N5O2. The highest BCUT2D eigenvalue weighted by molar-refractivity contribution is 5.95. The molecule has 3 aromatic rings. The highest BCUT2D eigenvalue weighted by Gasteiger charge is 2.17. The van der Waals surface area contributed by atoms with E-state index in [9.17, 15) is 4.79 Å². The molecule has 0 saturated heterocycles. The summed E-state index contributed by atoms with van der Waals surface area (Å²) in [6, 6.07) is 11.5. The Balaban J connectivity index is 1.57. The van der Waals surface area contributed by atoms with Crippen LogP contribution in [0.2, 0.25) is 0 Å². The Morgan fingerprint density at radius 2 is 1.77 bits per heavy atom. The minimum absolute atomic E-state index is 0.0172. The third kappa shape index (κ3) is 4.50. The van der Waals surface area contributed by atoms with Crippen LogP contribution in [0, 0.1) is 0 Å². The molecule has 4 rings (SSSR count). The monoisotopic (exact) mass is 405 g/mol. The average molecular weight is 406 g/mol. The molecule has 2 heterocycles. The molecule has 1 aliphatic rings. The number of benzene rings is 1. The van der Waals surface area contributed by atoms with Gasteiger partial charge in [-0.25, -0.2) is 9.97 Å². The van der Waals surface area contributed by atoms with Gasteiger partial charge in [-0.1, -0.05) is 31.4 Å². The van der Waals surface area contributed by atoms with Gasteiger partial charge in [-0.05, 0) is 51.0 Å². The van der Waals surface area contributed by atoms with E-state index in [2.05, 4.69) is 15.3 Å². The lowest BCUT2D eigenvalue weighted by molar-refractivity contribution is 0.0927. The van der Waals surface area contributed by atoms with Crippen molar-refractivity contribution >= 4 is 22.9 Å². The summed E-state index contributed by atoms with van der Waals surface area (Å²) in [6.07, 6.45) is 5.72. The molecule has 0 unspecified atom stereocenters. The van der Waals surface area contributed by atoms with Gasteiger partial charge in [0, 0.05) is 17.2 Å². The Morgan fingerprint density at radius 1 is 1.03 bits per heavy atom. The van der Waals surface area contributed by atoms with E-state index >= 15 is 0 Å². The number of pyridine rings is 1. The van der Waals surface area contributed by atoms with E-state index < -0.39 is 0 Å². The number of hydrogen-bond acceptors (Lipinski definition) is 6. The molecule has 1 saturated carbocycles. The molecule has 1 aliphatic carbocycles. The van der Waals surface area contributed by atoms with Crippen molar-refractivity contribution in [1.29, 1.82) is 0 Å². The van der Waals surface area contributed by atoms with E-state index in [0.29, 0.717) is 28.5 Å². The molecule has 156 valence electrons. The van der Waals surface area contributed by atoms with Gasteiger partial charge in [0.15, 0.2) is 5.52 Å². The Kier molecular flexibility index (Phi) is 5.79. The zero-order valence-electron chi connectivity index (χ0n) is 17.4. The van der Waals surface area contributed by atoms with Crippen molar-refractivity contribution in [3.63, 3.8) is 0 Å². The fraction of sp³-hybridized carbons (Fsp3) is 0.391. The highest BCUT2D eigenvalue weighted by Crippen LogP contribution is 2.27. The molecule has 7 nitrogen and oxygen atoms in total. The number of nitrogen functional groups attached to an aromatic ring is 1. The Labute approximate surface area is 176 Å². The van der Waals surface area contributed by atoms with Gasteiger partial charge < -0.3 is 15.8 Å². The third-order valence-corrected chi connectivity index (χ3v) is 5.26. The van der Waals surface area contributed by atoms with Crippen LogP contribution >= 0.6 is 0 Å². The van der Waals surface area contributed by atoms with Crippen molar-refractivity contribution in [3.05, 3.63) is 42.0 Å². The lowest BCUT2D eigenvalue weighted by Gasteiger charge is -2.22. The van der Waals surface area contributed by atoms with E-state index in [-0.39, 0.29) is 18.0 Å². The molecule has 0 aliphatic heterocycles. The predicted octanol–water partition coefficient (Wildman–Crippen LogP) is 4.12. The molecule has 1 amide bonds. The number of carbonyl (C=O) groups excluding carboxylic acids is 1. The molecule has 7 heteroatoms. The maximum Gasteiger partial charge on any atom is 0.251 e. The number of fused-ring (bicyclic) bond motifs is 1. The number of anilines is 1. The van der Waals surface area contributed by atoms with Crippen molar-refractivity contribution in [1.82, 2.24) is 20.3 Å². The summed E-state index contributed by atoms with van der Waals surface area (Å²) in [5.74, 6) is 0.510. The van der Waals surface area contributed by atoms with Gasteiger partial charge in [0.05, 0.1) is 17.3 Å². The minimum Gasteiger partial charge on any atom is -0.473 e. The summed E-state index contributed by atoms with van der Waals surface area (Å²) >= 11 is 0. The van der Waals surface area contributed by atoms with Crippen LogP contribution < -0.4 is 15.8 Å². The highest BCUT2D eigenvalue weighted by atomic mass is 16.5. The molecule has 1 aromatic carbocycles. The number of nitrogens with zero attached hydrogens (tertiary/aromatic N) is 3. The number of carbonyl (C=O) groups is 1. The van der Waals surface area contributed by atoms with Crippen molar-refractivity contribution in [2.45, 2.75) is 58.1 Å². The van der Waals surface area contributed by atoms with Crippen molar-refractivity contribution in [2.24, 2.45) is 0 Å². The van der Waals surface area contributed by atoms with Crippen molar-refractivity contribution in [2.75, 3.05) is 5.73 Å². The first-order chi connectivity index (χ1) is 14.5. The van der Waals surface area contributed by atoms with Crippen LogP contribution in [0.1, 0.15) is 56.3 Å². The molecular weight excluding hydrogens is 378 g/mol. The summed E-state index contributed by atoms with van der Waals surface area (Å²) < 4.78 is 5.78. The Hall–Kier alpha value is -3.22. The largest absolute Gasteiger partial charge is 0.473 e. The van der Waals surface area contributed by atoms with Crippen LogP contribution in [0.5, 0.6) is 5.88 Å². The van der Waals surface area contributed by atoms with Crippen LogP contribution in [0.3, 0.4) is 0 Å². The van der Waals surface area contributed by atoms with Crippen LogP contribution in [0.15, 0.2) is 36.4 Å². The predicted molar refractivity (Wildman–Crippen MR) is 117 cm³/mol. The fourth-order valence-electron chi connectivity index (χ4n) is 3.78. The first kappa shape index (κ1) is 20.1. The van der Waals surface area contributed by atoms with Gasteiger partial charge in [-0.15, -0.1) is 0 Å². The Morgan fingerprint density at radius 3 is 2.47 bits per heavy atom. The van der Waals surface area contributed by atoms with Crippen LogP contribution in [-0.4, -0.2) is 33.0 Å². The number of rotatable bonds is 5. The summed E-state index contributed by atoms with van der Waals surface area (Å²) in [6.45, 7) is 3.84. The van der Waals surface area contributed by atoms with Crippen molar-refractivity contribution in [3.8, 4) is 17.1 Å². The summed E-state index contributed by atoms with van der Waals surface area (Å²) in [4.78, 5) is 25.7. The zero-order chi connectivity index (χ0) is 21.1. The second-order valence-corrected chi connectivity index (χ2v) is 8.00. The quantitative estimate of drug-likeness (QED) is 0.662. The first-order valence-electron chi connectivity index (χ1n) is 10.5. The van der Waals surface area contributed by atoms with Crippen molar-refractivity contribution < 1.29 is 9.53 Å². The van der Waals surface area contributed by atoms with Gasteiger partial charge in [-0.2, -0.15) is 4.98 Å². The van der Waals surface area contributed by atoms with Gasteiger partial charge >= 0.3 is 0 Å². The number of hydrogen-bond donors (Lipinski definition) is 2. The van der Waals surface area contributed by atoms with Gasteiger partial charge in [0.2, 0.25) is 11.8 Å². The smallest absolute Gasteiger partial charge is 0.251 e. The molecule has 0 spiro atoms. The fourth-order valence-corrected chi connectivity index (χ4v) is 3.78. The molecule has 0 bridgehead atoms. The molecule has 0 atom stereocenters. The Bertz CT molecular complexity index is 1040. The first-order valence-corrected chi connectivity index (χ1v) is 10.5. The van der Waals surface area contributed by atoms with Crippen LogP contribution in [-0.2, 0) is 0 Å². The lowest BCUT2D eigenvalue weighted by Crippen LogP contribution is -2.36. The van der Waals surface area contributed by atoms with Crippen LogP contribution in [0.25, 0.3) is 22.3 Å². The van der Waals surface area contributed by atoms with Gasteiger partial charge in [0.1, 0.15) is 0 Å². The summed E-state index contributed by atoms with van der Waals surface area (Å²) in [7, 11) is 0. The normalized spacial score (nSPS) is 14.8. The third-order valence-electron chi connectivity index (χ3n) is 5.26. The average Bonchev–Trinajstić information content (AvgIpc) is 2.74. The maximum atomic E-state index is 12.5. The van der Waals surface area contributed by atoms with E-state index in [1.54, 1.807) is 0 Å². The zero-order valence-corrected chi connectivity index (χ0v) is 17.4. The second-order valence-electron chi connectivity index (χ2n) is 8.00. The molecule has 2 aromatic heterocycles. The number of nitrogens with two attached hydrogens (primary N) is 1. The number of aromatic nitrogens is 3. The maximum absolute atomic E-state index is 12.5. The number of nitrogens with one attached hydrogen (secondary N) is 1. The van der Waals surface area contributed by atoms with Gasteiger partial charge in [-0.3, -0.25) is 4.79 Å². The number of amides is 1. The number of ether oxygens (including phenoxy) is 1. The topological polar surface area (TPSA) is 103 Å². The van der Waals surface area contributed by atoms with Gasteiger partial charge in [0.25, 0.3) is 5.91 Å². The minimum atomic E-state index is -0.0603. The lowest BCUT2D eigenvalue weighted by atomic mass is 9.95. The van der Waals surface area contributed by atoms with E-state index in [1.807, 2.05) is 50.2 Å². The van der Waals surface area contributed by atoms with E-state index in [0.717, 1.165) is 24.1 Å². The molecule has 30 heavy (non-hydrogen) atoms. The van der Waals surface area contributed by atoms with E-state index in [1.165, 1.54) is 19.3 Å². The summed E-state index contributed by atoms with van der Waals surface area (Å²) in [5, 5.41) is 3.15. The SMILES string of the molecule is CC(C)Oc1nc(N)nc2ccc(-c3ccc(C(=O)NC4CCCCC4)cc3)nc12. The molecule has 0 radical (unpaired) electrons. The standard InChI is InChI=1S/C23H27N5O2/c1-14(2)30-22-20-19(27-23(24)28-22)13-12-18(26-20)15-8-10-16(11-9-15)21(29)25-17-6-4-3-5-7-17/h8-14,17H,3-7H2,1-2H3,(H,25,29)(H2,24,27,28). The summed E-state index contributed by atoms with van der Waals surface area (Å²) in [5.41, 5.74) is 9.30. The second kappa shape index (κ2) is 8.65. The molecule has 1 fully saturated rings. The molecule has 3 N–H and O–H groups in total.